The molecule has 1 fully saturated rings. The lowest BCUT2D eigenvalue weighted by molar-refractivity contribution is -0.143. The summed E-state index contributed by atoms with van der Waals surface area (Å²) in [6.45, 7) is 4.05. The van der Waals surface area contributed by atoms with Crippen LogP contribution >= 0.6 is 0 Å². The molecule has 0 radical (unpaired) electrons. The highest BCUT2D eigenvalue weighted by Crippen LogP contribution is 2.44. The number of rotatable bonds is 8. The second-order valence-electron chi connectivity index (χ2n) is 9.74. The smallest absolute Gasteiger partial charge is 0.407 e. The predicted molar refractivity (Wildman–Crippen MR) is 133 cm³/mol. The third-order valence-corrected chi connectivity index (χ3v) is 7.48. The van der Waals surface area contributed by atoms with E-state index in [-0.39, 0.29) is 30.4 Å². The Morgan fingerprint density at radius 3 is 2.26 bits per heavy atom. The summed E-state index contributed by atoms with van der Waals surface area (Å²) in [7, 11) is 0. The van der Waals surface area contributed by atoms with Crippen molar-refractivity contribution in [1.29, 1.82) is 0 Å². The van der Waals surface area contributed by atoms with Crippen molar-refractivity contribution < 1.29 is 24.2 Å². The van der Waals surface area contributed by atoms with Crippen LogP contribution < -0.4 is 10.6 Å². The quantitative estimate of drug-likeness (QED) is 0.510. The van der Waals surface area contributed by atoms with Crippen LogP contribution in [0.3, 0.4) is 0 Å². The van der Waals surface area contributed by atoms with Crippen molar-refractivity contribution in [2.24, 2.45) is 11.8 Å². The first-order valence-electron chi connectivity index (χ1n) is 12.5. The molecule has 0 saturated heterocycles. The number of hydrogen-bond acceptors (Lipinski definition) is 4. The zero-order valence-corrected chi connectivity index (χ0v) is 20.3. The summed E-state index contributed by atoms with van der Waals surface area (Å²) in [4.78, 5) is 37.3. The third-order valence-electron chi connectivity index (χ3n) is 7.48. The van der Waals surface area contributed by atoms with E-state index in [4.69, 9.17) is 4.74 Å². The number of fused-ring (bicyclic) bond motifs is 3. The van der Waals surface area contributed by atoms with Gasteiger partial charge in [-0.2, -0.15) is 0 Å². The van der Waals surface area contributed by atoms with Gasteiger partial charge in [0.2, 0.25) is 5.91 Å². The Hall–Kier alpha value is -3.35. The van der Waals surface area contributed by atoms with Gasteiger partial charge in [-0.25, -0.2) is 4.79 Å². The van der Waals surface area contributed by atoms with Gasteiger partial charge < -0.3 is 20.5 Å². The Morgan fingerprint density at radius 1 is 1.03 bits per heavy atom. The molecule has 7 heteroatoms. The Kier molecular flexibility index (Phi) is 7.73. The molecule has 0 aromatic heterocycles. The number of hydrogen-bond donors (Lipinski definition) is 3. The van der Waals surface area contributed by atoms with Gasteiger partial charge in [0.1, 0.15) is 12.6 Å². The maximum absolute atomic E-state index is 13.1. The zero-order valence-electron chi connectivity index (χ0n) is 20.3. The van der Waals surface area contributed by atoms with E-state index in [0.29, 0.717) is 19.3 Å². The molecule has 3 N–H and O–H groups in total. The molecule has 4 atom stereocenters. The Balaban J connectivity index is 1.39. The molecule has 2 aromatic rings. The van der Waals surface area contributed by atoms with Crippen LogP contribution in [0.4, 0.5) is 4.79 Å². The highest BCUT2D eigenvalue weighted by Gasteiger charge is 2.33. The summed E-state index contributed by atoms with van der Waals surface area (Å²) in [5.74, 6) is -1.71. The van der Waals surface area contributed by atoms with Crippen LogP contribution in [0.1, 0.15) is 63.0 Å². The van der Waals surface area contributed by atoms with E-state index < -0.39 is 24.0 Å². The number of nitrogens with one attached hydrogen (secondary N) is 2. The minimum atomic E-state index is -0.820. The molecule has 186 valence electrons. The van der Waals surface area contributed by atoms with Gasteiger partial charge in [-0.05, 0) is 47.4 Å². The van der Waals surface area contributed by atoms with Crippen LogP contribution in [-0.4, -0.2) is 41.8 Å². The predicted octanol–water partition coefficient (Wildman–Crippen LogP) is 4.70. The van der Waals surface area contributed by atoms with Crippen LogP contribution in [0.15, 0.2) is 48.5 Å². The molecule has 0 heterocycles. The van der Waals surface area contributed by atoms with Crippen molar-refractivity contribution in [3.63, 3.8) is 0 Å². The molecule has 4 rings (SSSR count). The highest BCUT2D eigenvalue weighted by atomic mass is 16.5. The van der Waals surface area contributed by atoms with E-state index in [1.165, 1.54) is 0 Å². The summed E-state index contributed by atoms with van der Waals surface area (Å²) >= 11 is 0. The molecule has 2 aromatic carbocycles. The molecular weight excluding hydrogens is 444 g/mol. The first-order valence-corrected chi connectivity index (χ1v) is 12.5. The maximum atomic E-state index is 13.1. The van der Waals surface area contributed by atoms with E-state index in [2.05, 4.69) is 34.9 Å². The van der Waals surface area contributed by atoms with Crippen molar-refractivity contribution in [3.05, 3.63) is 59.7 Å². The molecule has 0 spiro atoms. The van der Waals surface area contributed by atoms with Gasteiger partial charge in [-0.1, -0.05) is 75.2 Å². The minimum absolute atomic E-state index is 0.0563. The second kappa shape index (κ2) is 10.9. The number of carboxylic acid groups (broad SMARTS) is 1. The fourth-order valence-electron chi connectivity index (χ4n) is 5.31. The van der Waals surface area contributed by atoms with Crippen LogP contribution in [0, 0.1) is 11.8 Å². The monoisotopic (exact) mass is 478 g/mol. The minimum Gasteiger partial charge on any atom is -0.481 e. The Bertz CT molecular complexity index is 1040. The fourth-order valence-corrected chi connectivity index (χ4v) is 5.31. The number of carbonyl (C=O) groups excluding carboxylic acids is 2. The summed E-state index contributed by atoms with van der Waals surface area (Å²) in [5.41, 5.74) is 4.56. The van der Waals surface area contributed by atoms with Crippen LogP contribution in [0.5, 0.6) is 0 Å². The number of carbonyl (C=O) groups is 3. The molecule has 0 unspecified atom stereocenters. The van der Waals surface area contributed by atoms with E-state index in [9.17, 15) is 19.5 Å². The van der Waals surface area contributed by atoms with E-state index in [1.807, 2.05) is 38.1 Å². The largest absolute Gasteiger partial charge is 0.481 e. The van der Waals surface area contributed by atoms with E-state index in [1.54, 1.807) is 0 Å². The van der Waals surface area contributed by atoms with E-state index in [0.717, 1.165) is 35.1 Å². The Labute approximate surface area is 206 Å². The molecule has 2 aliphatic carbocycles. The lowest BCUT2D eigenvalue weighted by atomic mass is 9.85. The van der Waals surface area contributed by atoms with Crippen LogP contribution in [0.25, 0.3) is 11.1 Å². The van der Waals surface area contributed by atoms with Gasteiger partial charge in [0.05, 0.1) is 5.92 Å². The molecule has 2 amide bonds. The molecular formula is C28H34N2O5. The first-order chi connectivity index (χ1) is 16.9. The highest BCUT2D eigenvalue weighted by molar-refractivity contribution is 5.86. The SMILES string of the molecule is CC[C@H](C)[C@H](NC(=O)OCC1c2ccccc2-c2ccccc21)C(=O)N[C@@H]1CCC[C@H](C(=O)O)C1. The molecule has 2 aliphatic rings. The van der Waals surface area contributed by atoms with Gasteiger partial charge in [0.15, 0.2) is 0 Å². The summed E-state index contributed by atoms with van der Waals surface area (Å²) < 4.78 is 5.65. The lowest BCUT2D eigenvalue weighted by Crippen LogP contribution is -2.53. The van der Waals surface area contributed by atoms with Crippen molar-refractivity contribution in [2.45, 2.75) is 64.0 Å². The van der Waals surface area contributed by atoms with Gasteiger partial charge >= 0.3 is 12.1 Å². The molecule has 0 aliphatic heterocycles. The molecule has 35 heavy (non-hydrogen) atoms. The zero-order chi connectivity index (χ0) is 24.9. The number of benzene rings is 2. The number of amides is 2. The van der Waals surface area contributed by atoms with Gasteiger partial charge in [-0.3, -0.25) is 9.59 Å². The first kappa shape index (κ1) is 24.8. The van der Waals surface area contributed by atoms with Crippen molar-refractivity contribution in [3.8, 4) is 11.1 Å². The third kappa shape index (κ3) is 5.50. The number of ether oxygens (including phenoxy) is 1. The van der Waals surface area contributed by atoms with Crippen LogP contribution in [0.2, 0.25) is 0 Å². The van der Waals surface area contributed by atoms with Crippen LogP contribution in [-0.2, 0) is 14.3 Å². The lowest BCUT2D eigenvalue weighted by Gasteiger charge is -2.30. The normalized spacial score (nSPS) is 20.7. The molecule has 0 bridgehead atoms. The average molecular weight is 479 g/mol. The molecule has 7 nitrogen and oxygen atoms in total. The number of aliphatic carboxylic acids is 1. The second-order valence-corrected chi connectivity index (χ2v) is 9.74. The molecule has 1 saturated carbocycles. The van der Waals surface area contributed by atoms with Crippen molar-refractivity contribution in [1.82, 2.24) is 10.6 Å². The standard InChI is InChI=1S/C28H34N2O5/c1-3-17(2)25(26(31)29-19-10-8-9-18(15-19)27(32)33)30-28(34)35-16-24-22-13-6-4-11-20(22)21-12-5-7-14-23(21)24/h4-7,11-14,17-19,24-25H,3,8-10,15-16H2,1-2H3,(H,29,31)(H,30,34)(H,32,33)/t17-,18-,19+,25-/m0/s1. The average Bonchev–Trinajstić information content (AvgIpc) is 3.19. The topological polar surface area (TPSA) is 105 Å². The van der Waals surface area contributed by atoms with Gasteiger partial charge in [0.25, 0.3) is 0 Å². The van der Waals surface area contributed by atoms with Crippen molar-refractivity contribution in [2.75, 3.05) is 6.61 Å². The summed E-state index contributed by atoms with van der Waals surface area (Å²) in [6.07, 6.45) is 2.63. The Morgan fingerprint density at radius 2 is 1.66 bits per heavy atom. The van der Waals surface area contributed by atoms with Crippen molar-refractivity contribution >= 4 is 18.0 Å². The number of alkyl carbamates (subject to hydrolysis) is 1. The van der Waals surface area contributed by atoms with Gasteiger partial charge in [0, 0.05) is 12.0 Å². The maximum Gasteiger partial charge on any atom is 0.407 e. The van der Waals surface area contributed by atoms with E-state index >= 15 is 0 Å². The summed E-state index contributed by atoms with van der Waals surface area (Å²) in [5, 5.41) is 15.1. The fraction of sp³-hybridized carbons (Fsp3) is 0.464. The van der Waals surface area contributed by atoms with Gasteiger partial charge in [-0.15, -0.1) is 0 Å². The summed E-state index contributed by atoms with van der Waals surface area (Å²) in [6, 6.07) is 15.3. The number of carboxylic acids is 1.